The zero-order chi connectivity index (χ0) is 15.5. The van der Waals surface area contributed by atoms with Crippen LogP contribution in [-0.2, 0) is 9.84 Å². The van der Waals surface area contributed by atoms with Crippen molar-refractivity contribution in [2.75, 3.05) is 32.7 Å². The number of fused-ring (bicyclic) bond motifs is 1. The number of methoxy groups -OCH3 is 1. The molecule has 0 unspecified atom stereocenters. The summed E-state index contributed by atoms with van der Waals surface area (Å²) in [5.74, 6) is 0.531. The minimum atomic E-state index is -0.109. The van der Waals surface area contributed by atoms with Crippen molar-refractivity contribution in [2.24, 2.45) is 5.92 Å². The van der Waals surface area contributed by atoms with Gasteiger partial charge in [-0.15, -0.1) is 0 Å². The summed E-state index contributed by atoms with van der Waals surface area (Å²) in [5, 5.41) is 11.0. The highest BCUT2D eigenvalue weighted by Crippen LogP contribution is 2.31. The maximum absolute atomic E-state index is 11.0. The van der Waals surface area contributed by atoms with Crippen molar-refractivity contribution >= 4 is 17.1 Å². The van der Waals surface area contributed by atoms with Crippen LogP contribution in [0, 0.1) is 5.92 Å². The van der Waals surface area contributed by atoms with Gasteiger partial charge in [-0.25, -0.2) is 10.1 Å². The number of imidazole rings is 1. The molecule has 0 aliphatic heterocycles. The van der Waals surface area contributed by atoms with Gasteiger partial charge >= 0.3 is 0 Å². The molecule has 0 spiro atoms. The first-order valence-electron chi connectivity index (χ1n) is 7.11. The van der Waals surface area contributed by atoms with Gasteiger partial charge < -0.3 is 19.8 Å². The molecule has 22 heavy (non-hydrogen) atoms. The van der Waals surface area contributed by atoms with E-state index in [0.29, 0.717) is 30.3 Å². The second-order valence-electron chi connectivity index (χ2n) is 5.17. The molecule has 2 aromatic rings. The molecule has 117 valence electrons. The molecule has 0 saturated heterocycles. The number of aromatic nitrogens is 4. The Kier molecular flexibility index (Phi) is 4.21. The standard InChI is InChI=1S/C14H18N5O3/c1-21-4-5-22-13-11-12(17-14(15)18-13)19(8-16-11)10-3-2-9(6-10)7-20/h2-3,8-10H,4-7H2,1H3,(H2,15,17,18)/t9-,10-/m0/s1. The van der Waals surface area contributed by atoms with Crippen LogP contribution in [0.25, 0.3) is 11.2 Å². The zero-order valence-electron chi connectivity index (χ0n) is 12.3. The number of nitrogens with zero attached hydrogens (tertiary/aromatic N) is 4. The van der Waals surface area contributed by atoms with E-state index in [2.05, 4.69) is 15.0 Å². The average molecular weight is 304 g/mol. The van der Waals surface area contributed by atoms with E-state index in [1.165, 1.54) is 0 Å². The smallest absolute Gasteiger partial charge is 0.247 e. The van der Waals surface area contributed by atoms with Gasteiger partial charge in [-0.2, -0.15) is 9.97 Å². The molecule has 0 aromatic carbocycles. The largest absolute Gasteiger partial charge is 0.474 e. The Balaban J connectivity index is 1.92. The Morgan fingerprint density at radius 1 is 1.36 bits per heavy atom. The number of ether oxygens (including phenoxy) is 2. The van der Waals surface area contributed by atoms with Gasteiger partial charge in [0.1, 0.15) is 6.61 Å². The Morgan fingerprint density at radius 2 is 2.23 bits per heavy atom. The Labute approximate surface area is 127 Å². The maximum Gasteiger partial charge on any atom is 0.247 e. The predicted molar refractivity (Wildman–Crippen MR) is 78.9 cm³/mol. The molecule has 8 heteroatoms. The number of hydrogen-bond acceptors (Lipinski definition) is 6. The summed E-state index contributed by atoms with van der Waals surface area (Å²) in [5.41, 5.74) is 6.94. The monoisotopic (exact) mass is 304 g/mol. The van der Waals surface area contributed by atoms with Gasteiger partial charge in [-0.1, -0.05) is 12.2 Å². The summed E-state index contributed by atoms with van der Waals surface area (Å²) in [7, 11) is 1.60. The van der Waals surface area contributed by atoms with Crippen LogP contribution >= 0.6 is 0 Å². The summed E-state index contributed by atoms with van der Waals surface area (Å²) in [6.45, 7) is 0.696. The third-order valence-electron chi connectivity index (χ3n) is 3.65. The van der Waals surface area contributed by atoms with Gasteiger partial charge in [0.2, 0.25) is 11.8 Å². The number of nitrogens with two attached hydrogens (primary N) is 1. The van der Waals surface area contributed by atoms with E-state index < -0.39 is 0 Å². The van der Waals surface area contributed by atoms with E-state index in [1.54, 1.807) is 13.4 Å². The normalized spacial score (nSPS) is 20.8. The molecule has 1 aliphatic carbocycles. The summed E-state index contributed by atoms with van der Waals surface area (Å²) in [6.07, 6.45) is 6.39. The highest BCUT2D eigenvalue weighted by molar-refractivity contribution is 5.77. The number of rotatable bonds is 6. The van der Waals surface area contributed by atoms with Crippen molar-refractivity contribution in [1.29, 1.82) is 0 Å². The van der Waals surface area contributed by atoms with Gasteiger partial charge in [0.05, 0.1) is 25.6 Å². The van der Waals surface area contributed by atoms with Crippen molar-refractivity contribution in [3.05, 3.63) is 18.5 Å². The van der Waals surface area contributed by atoms with Crippen LogP contribution in [0.2, 0.25) is 0 Å². The second kappa shape index (κ2) is 6.29. The van der Waals surface area contributed by atoms with Crippen molar-refractivity contribution in [2.45, 2.75) is 12.5 Å². The highest BCUT2D eigenvalue weighted by Gasteiger charge is 2.23. The number of hydrogen-bond donors (Lipinski definition) is 1. The summed E-state index contributed by atoms with van der Waals surface area (Å²) in [6, 6.07) is 0.0603. The van der Waals surface area contributed by atoms with Crippen LogP contribution in [0.5, 0.6) is 5.88 Å². The molecule has 2 atom stereocenters. The summed E-state index contributed by atoms with van der Waals surface area (Å²) in [4.78, 5) is 12.7. The summed E-state index contributed by atoms with van der Waals surface area (Å²) >= 11 is 0. The molecule has 3 rings (SSSR count). The molecule has 0 bridgehead atoms. The highest BCUT2D eigenvalue weighted by atomic mass is 16.5. The molecule has 8 nitrogen and oxygen atoms in total. The van der Waals surface area contributed by atoms with Crippen LogP contribution in [0.1, 0.15) is 12.5 Å². The fourth-order valence-electron chi connectivity index (χ4n) is 2.55. The van der Waals surface area contributed by atoms with E-state index in [0.717, 1.165) is 6.42 Å². The minimum absolute atomic E-state index is 0.0547. The molecule has 2 N–H and O–H groups in total. The lowest BCUT2D eigenvalue weighted by molar-refractivity contribution is 0.144. The molecular formula is C14H18N5O3. The van der Waals surface area contributed by atoms with E-state index in [9.17, 15) is 5.11 Å². The van der Waals surface area contributed by atoms with Gasteiger partial charge in [0.15, 0.2) is 11.2 Å². The van der Waals surface area contributed by atoms with E-state index in [-0.39, 0.29) is 24.5 Å². The van der Waals surface area contributed by atoms with Crippen LogP contribution in [-0.4, -0.2) is 46.4 Å². The van der Waals surface area contributed by atoms with Crippen molar-refractivity contribution in [3.8, 4) is 5.88 Å². The summed E-state index contributed by atoms with van der Waals surface area (Å²) < 4.78 is 12.4. The molecule has 2 heterocycles. The third kappa shape index (κ3) is 2.75. The predicted octanol–water partition coefficient (Wildman–Crippen LogP) is 0.981. The third-order valence-corrected chi connectivity index (χ3v) is 3.65. The second-order valence-corrected chi connectivity index (χ2v) is 5.17. The lowest BCUT2D eigenvalue weighted by atomic mass is 10.1. The number of nitrogen functional groups attached to an aromatic ring is 1. The first-order valence-corrected chi connectivity index (χ1v) is 7.11. The Hall–Kier alpha value is -2.19. The fourth-order valence-corrected chi connectivity index (χ4v) is 2.55. The lowest BCUT2D eigenvalue weighted by Crippen LogP contribution is -2.10. The Bertz CT molecular complexity index is 684. The topological polar surface area (TPSA) is 108 Å². The number of allylic oxidation sites excluding steroid dienone is 1. The molecule has 0 saturated carbocycles. The van der Waals surface area contributed by atoms with E-state index in [4.69, 9.17) is 15.2 Å². The van der Waals surface area contributed by atoms with Gasteiger partial charge in [-0.05, 0) is 6.42 Å². The lowest BCUT2D eigenvalue weighted by Gasteiger charge is -2.12. The maximum atomic E-state index is 11.0. The fraction of sp³-hybridized carbons (Fsp3) is 0.500. The van der Waals surface area contributed by atoms with Crippen LogP contribution in [0.3, 0.4) is 0 Å². The zero-order valence-corrected chi connectivity index (χ0v) is 12.3. The van der Waals surface area contributed by atoms with Crippen molar-refractivity contribution < 1.29 is 14.6 Å². The van der Waals surface area contributed by atoms with Crippen LogP contribution in [0.15, 0.2) is 18.5 Å². The first kappa shape index (κ1) is 14.7. The SMILES string of the molecule is COCCOc1nc(N)nc2c1ncn2[C@H]1C=C[C@H](C[O])C1. The van der Waals surface area contributed by atoms with Gasteiger partial charge in [0, 0.05) is 13.0 Å². The van der Waals surface area contributed by atoms with Gasteiger partial charge in [0.25, 0.3) is 0 Å². The van der Waals surface area contributed by atoms with Gasteiger partial charge in [-0.3, -0.25) is 0 Å². The van der Waals surface area contributed by atoms with Crippen molar-refractivity contribution in [3.63, 3.8) is 0 Å². The molecule has 1 aliphatic rings. The molecule has 1 radical (unpaired) electrons. The number of anilines is 1. The molecule has 2 aromatic heterocycles. The molecular weight excluding hydrogens is 286 g/mol. The van der Waals surface area contributed by atoms with Crippen LogP contribution < -0.4 is 10.5 Å². The van der Waals surface area contributed by atoms with Crippen LogP contribution in [0.4, 0.5) is 5.95 Å². The first-order chi connectivity index (χ1) is 10.7. The quantitative estimate of drug-likeness (QED) is 0.629. The Morgan fingerprint density at radius 3 is 2.95 bits per heavy atom. The average Bonchev–Trinajstić information content (AvgIpc) is 3.13. The van der Waals surface area contributed by atoms with E-state index in [1.807, 2.05) is 16.7 Å². The molecule has 0 fully saturated rings. The minimum Gasteiger partial charge on any atom is -0.474 e. The molecule has 0 amide bonds. The van der Waals surface area contributed by atoms with Crippen molar-refractivity contribution in [1.82, 2.24) is 19.5 Å². The van der Waals surface area contributed by atoms with E-state index >= 15 is 0 Å².